The number of halogens is 1. The lowest BCUT2D eigenvalue weighted by Crippen LogP contribution is -2.53. The van der Waals surface area contributed by atoms with Crippen molar-refractivity contribution >= 4 is 16.7 Å². The summed E-state index contributed by atoms with van der Waals surface area (Å²) in [7, 11) is 0. The zero-order valence-corrected chi connectivity index (χ0v) is 14.7. The monoisotopic (exact) mass is 365 g/mol. The smallest absolute Gasteiger partial charge is 0.256 e. The molecule has 0 saturated carbocycles. The van der Waals surface area contributed by atoms with Gasteiger partial charge in [0.05, 0.1) is 5.56 Å². The Hall–Kier alpha value is -2.99. The molecule has 1 saturated heterocycles. The number of aromatic amines is 1. The van der Waals surface area contributed by atoms with Crippen LogP contribution in [0.1, 0.15) is 15.9 Å². The first kappa shape index (κ1) is 17.4. The second-order valence-electron chi connectivity index (χ2n) is 6.81. The van der Waals surface area contributed by atoms with Crippen molar-refractivity contribution in [2.75, 3.05) is 19.6 Å². The first-order chi connectivity index (χ1) is 13.1. The number of H-pyrrole nitrogens is 1. The number of hydrogen-bond donors (Lipinski definition) is 2. The van der Waals surface area contributed by atoms with E-state index in [2.05, 4.69) is 10.3 Å². The zero-order chi connectivity index (χ0) is 18.8. The second kappa shape index (κ2) is 7.32. The van der Waals surface area contributed by atoms with Crippen LogP contribution in [0.25, 0.3) is 10.8 Å². The van der Waals surface area contributed by atoms with Gasteiger partial charge in [-0.3, -0.25) is 9.59 Å². The number of piperazine rings is 1. The Balaban J connectivity index is 1.55. The lowest BCUT2D eigenvalue weighted by atomic mass is 10.0. The van der Waals surface area contributed by atoms with Gasteiger partial charge < -0.3 is 15.2 Å². The maximum absolute atomic E-state index is 13.1. The molecule has 27 heavy (non-hydrogen) atoms. The molecule has 1 aliphatic rings. The molecule has 4 rings (SSSR count). The number of carbonyl (C=O) groups excluding carboxylic acids is 1. The summed E-state index contributed by atoms with van der Waals surface area (Å²) in [6, 6.07) is 13.7. The van der Waals surface area contributed by atoms with E-state index in [9.17, 15) is 14.0 Å². The summed E-state index contributed by atoms with van der Waals surface area (Å²) in [6.45, 7) is 1.86. The molecule has 0 bridgehead atoms. The molecule has 1 fully saturated rings. The quantitative estimate of drug-likeness (QED) is 0.749. The molecule has 1 aliphatic heterocycles. The normalized spacial score (nSPS) is 17.2. The van der Waals surface area contributed by atoms with Gasteiger partial charge in [0.2, 0.25) is 0 Å². The Bertz CT molecular complexity index is 1030. The fourth-order valence-electron chi connectivity index (χ4n) is 3.61. The van der Waals surface area contributed by atoms with Crippen molar-refractivity contribution in [3.8, 4) is 0 Å². The highest BCUT2D eigenvalue weighted by Gasteiger charge is 2.25. The first-order valence-electron chi connectivity index (χ1n) is 8.99. The highest BCUT2D eigenvalue weighted by molar-refractivity contribution is 6.06. The SMILES string of the molecule is O=C(c1c[nH]c(=O)c2ccccc12)N1CCNC(Cc2ccc(F)cc2)C1. The lowest BCUT2D eigenvalue weighted by molar-refractivity contribution is 0.0704. The summed E-state index contributed by atoms with van der Waals surface area (Å²) < 4.78 is 13.1. The van der Waals surface area contributed by atoms with Crippen LogP contribution in [0.5, 0.6) is 0 Å². The Morgan fingerprint density at radius 3 is 2.63 bits per heavy atom. The maximum Gasteiger partial charge on any atom is 0.256 e. The number of aromatic nitrogens is 1. The van der Waals surface area contributed by atoms with Gasteiger partial charge in [0, 0.05) is 42.6 Å². The van der Waals surface area contributed by atoms with Gasteiger partial charge in [0.15, 0.2) is 0 Å². The van der Waals surface area contributed by atoms with Gasteiger partial charge in [0.25, 0.3) is 11.5 Å². The Morgan fingerprint density at radius 2 is 1.85 bits per heavy atom. The number of carbonyl (C=O) groups is 1. The van der Waals surface area contributed by atoms with E-state index in [0.29, 0.717) is 36.0 Å². The summed E-state index contributed by atoms with van der Waals surface area (Å²) in [5.41, 5.74) is 1.34. The minimum absolute atomic E-state index is 0.0898. The topological polar surface area (TPSA) is 65.2 Å². The van der Waals surface area contributed by atoms with Crippen LogP contribution in [-0.2, 0) is 6.42 Å². The van der Waals surface area contributed by atoms with E-state index in [0.717, 1.165) is 12.0 Å². The molecule has 1 amide bonds. The van der Waals surface area contributed by atoms with Crippen molar-refractivity contribution in [1.29, 1.82) is 0 Å². The van der Waals surface area contributed by atoms with Gasteiger partial charge in [-0.2, -0.15) is 0 Å². The molecule has 1 aromatic heterocycles. The lowest BCUT2D eigenvalue weighted by Gasteiger charge is -2.34. The average Bonchev–Trinajstić information content (AvgIpc) is 2.70. The van der Waals surface area contributed by atoms with E-state index >= 15 is 0 Å². The highest BCUT2D eigenvalue weighted by Crippen LogP contribution is 2.18. The zero-order valence-electron chi connectivity index (χ0n) is 14.7. The highest BCUT2D eigenvalue weighted by atomic mass is 19.1. The average molecular weight is 365 g/mol. The minimum Gasteiger partial charge on any atom is -0.336 e. The minimum atomic E-state index is -0.253. The number of hydrogen-bond acceptors (Lipinski definition) is 3. The summed E-state index contributed by atoms with van der Waals surface area (Å²) in [5.74, 6) is -0.342. The summed E-state index contributed by atoms with van der Waals surface area (Å²) in [4.78, 5) is 29.6. The third-order valence-electron chi connectivity index (χ3n) is 4.98. The van der Waals surface area contributed by atoms with E-state index in [1.807, 2.05) is 11.0 Å². The van der Waals surface area contributed by atoms with Gasteiger partial charge >= 0.3 is 0 Å². The second-order valence-corrected chi connectivity index (χ2v) is 6.81. The Morgan fingerprint density at radius 1 is 1.11 bits per heavy atom. The maximum atomic E-state index is 13.1. The molecule has 3 aromatic rings. The molecule has 1 atom stereocenters. The van der Waals surface area contributed by atoms with E-state index in [4.69, 9.17) is 0 Å². The number of pyridine rings is 1. The summed E-state index contributed by atoms with van der Waals surface area (Å²) >= 11 is 0. The van der Waals surface area contributed by atoms with Gasteiger partial charge in [-0.15, -0.1) is 0 Å². The Labute approximate surface area is 155 Å². The van der Waals surface area contributed by atoms with Gasteiger partial charge in [-0.25, -0.2) is 4.39 Å². The number of nitrogens with zero attached hydrogens (tertiary/aromatic N) is 1. The van der Waals surface area contributed by atoms with E-state index in [1.54, 1.807) is 30.3 Å². The van der Waals surface area contributed by atoms with Crippen molar-refractivity contribution in [2.45, 2.75) is 12.5 Å². The summed E-state index contributed by atoms with van der Waals surface area (Å²) in [6.07, 6.45) is 2.22. The molecule has 6 heteroatoms. The van der Waals surface area contributed by atoms with Crippen LogP contribution >= 0.6 is 0 Å². The van der Waals surface area contributed by atoms with Gasteiger partial charge in [-0.05, 0) is 30.2 Å². The third kappa shape index (κ3) is 3.61. The predicted octanol–water partition coefficient (Wildman–Crippen LogP) is 2.32. The fraction of sp³-hybridized carbons (Fsp3) is 0.238. The van der Waals surface area contributed by atoms with E-state index < -0.39 is 0 Å². The van der Waals surface area contributed by atoms with Crippen molar-refractivity contribution in [3.63, 3.8) is 0 Å². The standard InChI is InChI=1S/C21H20FN3O2/c22-15-7-5-14(6-8-15)11-16-13-25(10-9-23-16)21(27)19-12-24-20(26)18-4-2-1-3-17(18)19/h1-8,12,16,23H,9-11,13H2,(H,24,26). The van der Waals surface area contributed by atoms with Crippen molar-refractivity contribution in [3.05, 3.63) is 82.0 Å². The van der Waals surface area contributed by atoms with Crippen molar-refractivity contribution < 1.29 is 9.18 Å². The number of amides is 1. The molecule has 2 aromatic carbocycles. The number of rotatable bonds is 3. The molecule has 5 nitrogen and oxygen atoms in total. The number of benzene rings is 2. The summed E-state index contributed by atoms with van der Waals surface area (Å²) in [5, 5.41) is 4.60. The third-order valence-corrected chi connectivity index (χ3v) is 4.98. The van der Waals surface area contributed by atoms with Gasteiger partial charge in [0.1, 0.15) is 5.82 Å². The molecule has 138 valence electrons. The molecule has 0 aliphatic carbocycles. The van der Waals surface area contributed by atoms with Crippen LogP contribution in [0.4, 0.5) is 4.39 Å². The molecule has 1 unspecified atom stereocenters. The van der Waals surface area contributed by atoms with Crippen molar-refractivity contribution in [1.82, 2.24) is 15.2 Å². The van der Waals surface area contributed by atoms with Gasteiger partial charge in [-0.1, -0.05) is 30.3 Å². The van der Waals surface area contributed by atoms with Crippen LogP contribution in [0.3, 0.4) is 0 Å². The van der Waals surface area contributed by atoms with E-state index in [1.165, 1.54) is 18.3 Å². The fourth-order valence-corrected chi connectivity index (χ4v) is 3.61. The molecule has 2 N–H and O–H groups in total. The van der Waals surface area contributed by atoms with Crippen LogP contribution in [-0.4, -0.2) is 41.5 Å². The molecule has 2 heterocycles. The van der Waals surface area contributed by atoms with E-state index in [-0.39, 0.29) is 23.3 Å². The predicted molar refractivity (Wildman–Crippen MR) is 102 cm³/mol. The molecular weight excluding hydrogens is 345 g/mol. The number of nitrogens with one attached hydrogen (secondary N) is 2. The largest absolute Gasteiger partial charge is 0.336 e. The van der Waals surface area contributed by atoms with Crippen LogP contribution in [0, 0.1) is 5.82 Å². The molecular formula is C21H20FN3O2. The number of fused-ring (bicyclic) bond motifs is 1. The van der Waals surface area contributed by atoms with Crippen LogP contribution < -0.4 is 10.9 Å². The van der Waals surface area contributed by atoms with Crippen LogP contribution in [0.2, 0.25) is 0 Å². The molecule has 0 radical (unpaired) electrons. The van der Waals surface area contributed by atoms with Crippen LogP contribution in [0.15, 0.2) is 59.5 Å². The molecule has 0 spiro atoms. The first-order valence-corrected chi connectivity index (χ1v) is 8.99. The Kier molecular flexibility index (Phi) is 4.73. The van der Waals surface area contributed by atoms with Crippen molar-refractivity contribution in [2.24, 2.45) is 0 Å².